The van der Waals surface area contributed by atoms with Crippen molar-refractivity contribution in [3.63, 3.8) is 0 Å². The van der Waals surface area contributed by atoms with Gasteiger partial charge >= 0.3 is 0 Å². The number of rotatable bonds is 3. The maximum absolute atomic E-state index is 10.2. The number of aromatic nitrogens is 6. The van der Waals surface area contributed by atoms with Gasteiger partial charge < -0.3 is 15.7 Å². The number of fused-ring (bicyclic) bond motifs is 4. The van der Waals surface area contributed by atoms with Gasteiger partial charge in [0.05, 0.1) is 28.2 Å². The van der Waals surface area contributed by atoms with E-state index in [2.05, 4.69) is 27.1 Å². The molecule has 9 nitrogen and oxygen atoms in total. The molecule has 0 saturated carbocycles. The SMILES string of the molecule is Cn1nc2ccc(-c3[nH]nc4nc(N5[C@@H]6CC[C@H]5CC(C)(N)C6)c(CO)nc34)c(Cl)c2c1Cl. The molecule has 4 N–H and O–H groups in total. The second-order valence-electron chi connectivity index (χ2n) is 9.51. The molecule has 2 bridgehead atoms. The summed E-state index contributed by atoms with van der Waals surface area (Å²) in [6, 6.07) is 4.30. The molecule has 33 heavy (non-hydrogen) atoms. The molecule has 1 unspecified atom stereocenters. The molecule has 0 spiro atoms. The van der Waals surface area contributed by atoms with Crippen molar-refractivity contribution in [2.45, 2.75) is 56.8 Å². The summed E-state index contributed by atoms with van der Waals surface area (Å²) in [7, 11) is 1.77. The molecule has 6 rings (SSSR count). The van der Waals surface area contributed by atoms with E-state index in [1.54, 1.807) is 11.7 Å². The summed E-state index contributed by atoms with van der Waals surface area (Å²) in [4.78, 5) is 11.9. The van der Waals surface area contributed by atoms with Crippen molar-refractivity contribution in [1.82, 2.24) is 29.9 Å². The van der Waals surface area contributed by atoms with Crippen LogP contribution in [0.1, 0.15) is 38.3 Å². The molecule has 2 aliphatic heterocycles. The lowest BCUT2D eigenvalue weighted by Gasteiger charge is -2.44. The Morgan fingerprint density at radius 2 is 1.94 bits per heavy atom. The highest BCUT2D eigenvalue weighted by molar-refractivity contribution is 6.43. The highest BCUT2D eigenvalue weighted by Crippen LogP contribution is 2.44. The molecule has 3 atom stereocenters. The topological polar surface area (TPSA) is 122 Å². The number of nitrogens with zero attached hydrogens (tertiary/aromatic N) is 6. The Morgan fingerprint density at radius 3 is 2.64 bits per heavy atom. The Balaban J connectivity index is 1.48. The molecule has 172 valence electrons. The molecule has 3 aromatic heterocycles. The lowest BCUT2D eigenvalue weighted by molar-refractivity contribution is 0.273. The monoisotopic (exact) mass is 486 g/mol. The van der Waals surface area contributed by atoms with E-state index in [1.807, 2.05) is 12.1 Å². The summed E-state index contributed by atoms with van der Waals surface area (Å²) < 4.78 is 1.59. The lowest BCUT2D eigenvalue weighted by atomic mass is 9.85. The number of benzene rings is 1. The quantitative estimate of drug-likeness (QED) is 0.404. The maximum atomic E-state index is 10.2. The summed E-state index contributed by atoms with van der Waals surface area (Å²) in [6.07, 6.45) is 3.91. The molecule has 5 heterocycles. The summed E-state index contributed by atoms with van der Waals surface area (Å²) in [5.41, 5.74) is 9.89. The maximum Gasteiger partial charge on any atom is 0.202 e. The van der Waals surface area contributed by atoms with E-state index >= 15 is 0 Å². The summed E-state index contributed by atoms with van der Waals surface area (Å²) >= 11 is 13.2. The Hall–Kier alpha value is -2.46. The van der Waals surface area contributed by atoms with E-state index in [1.165, 1.54) is 0 Å². The number of H-pyrrole nitrogens is 1. The van der Waals surface area contributed by atoms with Crippen LogP contribution >= 0.6 is 23.2 Å². The second-order valence-corrected chi connectivity index (χ2v) is 10.2. The number of nitrogens with two attached hydrogens (primary N) is 1. The summed E-state index contributed by atoms with van der Waals surface area (Å²) in [5.74, 6) is 0.697. The van der Waals surface area contributed by atoms with Gasteiger partial charge in [0.25, 0.3) is 0 Å². The molecule has 0 amide bonds. The van der Waals surface area contributed by atoms with Crippen LogP contribution in [-0.4, -0.2) is 52.7 Å². The minimum atomic E-state index is -0.222. The van der Waals surface area contributed by atoms with Crippen molar-refractivity contribution in [2.24, 2.45) is 12.8 Å². The van der Waals surface area contributed by atoms with Crippen LogP contribution in [0.25, 0.3) is 33.3 Å². The molecule has 1 aromatic carbocycles. The van der Waals surface area contributed by atoms with Gasteiger partial charge in [0, 0.05) is 30.2 Å². The van der Waals surface area contributed by atoms with Crippen LogP contribution in [0.15, 0.2) is 12.1 Å². The van der Waals surface area contributed by atoms with Crippen LogP contribution in [-0.2, 0) is 13.7 Å². The molecule has 2 saturated heterocycles. The highest BCUT2D eigenvalue weighted by Gasteiger charge is 2.45. The minimum absolute atomic E-state index is 0.179. The van der Waals surface area contributed by atoms with E-state index in [0.717, 1.165) is 25.7 Å². The molecule has 0 radical (unpaired) electrons. The first-order valence-electron chi connectivity index (χ1n) is 11.0. The van der Waals surface area contributed by atoms with Gasteiger partial charge in [0.2, 0.25) is 5.65 Å². The van der Waals surface area contributed by atoms with Gasteiger partial charge in [-0.25, -0.2) is 9.97 Å². The smallest absolute Gasteiger partial charge is 0.202 e. The lowest BCUT2D eigenvalue weighted by Crippen LogP contribution is -2.54. The van der Waals surface area contributed by atoms with Crippen LogP contribution < -0.4 is 10.6 Å². The number of nitrogens with one attached hydrogen (secondary N) is 1. The van der Waals surface area contributed by atoms with Crippen LogP contribution in [0.3, 0.4) is 0 Å². The zero-order chi connectivity index (χ0) is 23.1. The van der Waals surface area contributed by atoms with E-state index in [-0.39, 0.29) is 12.1 Å². The normalized spacial score (nSPS) is 25.0. The molecule has 4 aromatic rings. The molecule has 11 heteroatoms. The number of aliphatic hydroxyl groups excluding tert-OH is 1. The average molecular weight is 487 g/mol. The zero-order valence-corrected chi connectivity index (χ0v) is 19.8. The van der Waals surface area contributed by atoms with Crippen LogP contribution in [0.4, 0.5) is 5.82 Å². The van der Waals surface area contributed by atoms with Crippen LogP contribution in [0, 0.1) is 0 Å². The Bertz CT molecular complexity index is 1390. The van der Waals surface area contributed by atoms with Gasteiger partial charge in [-0.2, -0.15) is 10.2 Å². The zero-order valence-electron chi connectivity index (χ0n) is 18.3. The number of halogens is 2. The molecule has 2 aliphatic rings. The fourth-order valence-corrected chi connectivity index (χ4v) is 6.26. The number of hydrogen-bond donors (Lipinski definition) is 3. The Kier molecular flexibility index (Phi) is 4.65. The number of anilines is 1. The van der Waals surface area contributed by atoms with E-state index in [9.17, 15) is 5.11 Å². The first-order chi connectivity index (χ1) is 15.8. The van der Waals surface area contributed by atoms with Crippen molar-refractivity contribution in [3.8, 4) is 11.3 Å². The fourth-order valence-electron chi connectivity index (χ4n) is 5.63. The average Bonchev–Trinajstić information content (AvgIpc) is 3.40. The molecule has 0 aliphatic carbocycles. The minimum Gasteiger partial charge on any atom is -0.390 e. The standard InChI is InChI=1S/C22H24Cl2N8O/c1-22(25)7-10-3-4-11(8-22)32(10)21-14(9-33)26-18-17(28-29-20(18)27-21)12-5-6-13-15(16(12)23)19(24)31(2)30-13/h5-6,10-11,33H,3-4,7-9,25H2,1-2H3,(H,27,28,29)/t10-,11+,22?. The number of aliphatic hydroxyl groups is 1. The second kappa shape index (κ2) is 7.27. The number of piperidine rings is 1. The highest BCUT2D eigenvalue weighted by atomic mass is 35.5. The first-order valence-corrected chi connectivity index (χ1v) is 11.8. The summed E-state index contributed by atoms with van der Waals surface area (Å²) in [6.45, 7) is 1.90. The number of hydrogen-bond acceptors (Lipinski definition) is 7. The van der Waals surface area contributed by atoms with Crippen molar-refractivity contribution in [1.29, 1.82) is 0 Å². The predicted molar refractivity (Wildman–Crippen MR) is 128 cm³/mol. The van der Waals surface area contributed by atoms with Crippen LogP contribution in [0.5, 0.6) is 0 Å². The van der Waals surface area contributed by atoms with Crippen molar-refractivity contribution in [3.05, 3.63) is 28.0 Å². The van der Waals surface area contributed by atoms with Gasteiger partial charge in [0.15, 0.2) is 5.82 Å². The third-order valence-electron chi connectivity index (χ3n) is 6.99. The predicted octanol–water partition coefficient (Wildman–Crippen LogP) is 3.55. The van der Waals surface area contributed by atoms with Gasteiger partial charge in [-0.1, -0.05) is 23.2 Å². The largest absolute Gasteiger partial charge is 0.390 e. The Morgan fingerprint density at radius 1 is 1.21 bits per heavy atom. The third-order valence-corrected chi connectivity index (χ3v) is 7.82. The van der Waals surface area contributed by atoms with Gasteiger partial charge in [-0.05, 0) is 44.7 Å². The fraction of sp³-hybridized carbons (Fsp3) is 0.455. The van der Waals surface area contributed by atoms with E-state index < -0.39 is 0 Å². The van der Waals surface area contributed by atoms with Gasteiger partial charge in [0.1, 0.15) is 16.4 Å². The van der Waals surface area contributed by atoms with Gasteiger partial charge in [-0.3, -0.25) is 9.78 Å². The molecular formula is C22H24Cl2N8O. The molecular weight excluding hydrogens is 463 g/mol. The number of aromatic amines is 1. The first kappa shape index (κ1) is 21.1. The van der Waals surface area contributed by atoms with E-state index in [0.29, 0.717) is 67.1 Å². The molecule has 2 fully saturated rings. The van der Waals surface area contributed by atoms with Crippen LogP contribution in [0.2, 0.25) is 10.2 Å². The van der Waals surface area contributed by atoms with Gasteiger partial charge in [-0.15, -0.1) is 0 Å². The third kappa shape index (κ3) is 3.13. The summed E-state index contributed by atoms with van der Waals surface area (Å²) in [5, 5.41) is 23.6. The van der Waals surface area contributed by atoms with Crippen molar-refractivity contribution < 1.29 is 5.11 Å². The van der Waals surface area contributed by atoms with Crippen molar-refractivity contribution >= 4 is 51.1 Å². The van der Waals surface area contributed by atoms with Crippen molar-refractivity contribution in [2.75, 3.05) is 4.90 Å². The Labute approximate surface area is 199 Å². The van der Waals surface area contributed by atoms with E-state index in [4.69, 9.17) is 38.9 Å². The number of aryl methyl sites for hydroxylation is 1.